The van der Waals surface area contributed by atoms with Crippen molar-refractivity contribution in [3.05, 3.63) is 28.8 Å². The van der Waals surface area contributed by atoms with Crippen LogP contribution in [0.3, 0.4) is 0 Å². The lowest BCUT2D eigenvalue weighted by molar-refractivity contribution is -0.0852. The first-order valence-corrected chi connectivity index (χ1v) is 8.30. The zero-order chi connectivity index (χ0) is 17.4. The first-order chi connectivity index (χ1) is 11.6. The number of hydrogen-bond donors (Lipinski definition) is 3. The van der Waals surface area contributed by atoms with Crippen molar-refractivity contribution in [1.29, 1.82) is 0 Å². The fraction of sp³-hybridized carbons (Fsp3) is 0.500. The second kappa shape index (κ2) is 9.46. The highest BCUT2D eigenvalue weighted by Crippen LogP contribution is 2.21. The number of rotatable bonds is 6. The number of anilines is 1. The van der Waals surface area contributed by atoms with Crippen molar-refractivity contribution < 1.29 is 19.1 Å². The van der Waals surface area contributed by atoms with E-state index in [4.69, 9.17) is 21.1 Å². The Bertz CT molecular complexity index is 576. The third kappa shape index (κ3) is 5.67. The van der Waals surface area contributed by atoms with Gasteiger partial charge in [-0.3, -0.25) is 4.79 Å². The Morgan fingerprint density at radius 1 is 1.29 bits per heavy atom. The predicted molar refractivity (Wildman–Crippen MR) is 91.7 cm³/mol. The van der Waals surface area contributed by atoms with Crippen LogP contribution in [-0.4, -0.2) is 51.0 Å². The van der Waals surface area contributed by atoms with Crippen molar-refractivity contribution in [2.24, 2.45) is 0 Å². The van der Waals surface area contributed by atoms with Crippen molar-refractivity contribution in [3.63, 3.8) is 0 Å². The molecule has 1 heterocycles. The topological polar surface area (TPSA) is 88.7 Å². The van der Waals surface area contributed by atoms with E-state index in [-0.39, 0.29) is 23.1 Å². The van der Waals surface area contributed by atoms with Crippen LogP contribution >= 0.6 is 11.6 Å². The Hall–Kier alpha value is -1.83. The largest absolute Gasteiger partial charge is 0.376 e. The molecule has 1 fully saturated rings. The number of carbonyl (C=O) groups is 2. The van der Waals surface area contributed by atoms with E-state index in [0.717, 1.165) is 6.42 Å². The average molecular weight is 356 g/mol. The molecule has 1 atom stereocenters. The van der Waals surface area contributed by atoms with Crippen LogP contribution in [0.2, 0.25) is 5.02 Å². The summed E-state index contributed by atoms with van der Waals surface area (Å²) >= 11 is 6.12. The van der Waals surface area contributed by atoms with Gasteiger partial charge in [-0.2, -0.15) is 0 Å². The van der Waals surface area contributed by atoms with E-state index in [9.17, 15) is 9.59 Å². The molecular formula is C16H22ClN3O4. The molecule has 1 saturated heterocycles. The molecule has 8 heteroatoms. The van der Waals surface area contributed by atoms with Crippen LogP contribution in [0.25, 0.3) is 0 Å². The number of hydrogen-bond acceptors (Lipinski definition) is 4. The zero-order valence-corrected chi connectivity index (χ0v) is 14.3. The van der Waals surface area contributed by atoms with Gasteiger partial charge in [0.05, 0.1) is 36.5 Å². The fourth-order valence-corrected chi connectivity index (χ4v) is 2.41. The summed E-state index contributed by atoms with van der Waals surface area (Å²) in [6, 6.07) is 4.39. The minimum absolute atomic E-state index is 0.141. The summed E-state index contributed by atoms with van der Waals surface area (Å²) < 4.78 is 10.7. The first-order valence-electron chi connectivity index (χ1n) is 7.92. The highest BCUT2D eigenvalue weighted by atomic mass is 35.5. The van der Waals surface area contributed by atoms with Crippen LogP contribution in [-0.2, 0) is 9.47 Å². The molecule has 0 spiro atoms. The van der Waals surface area contributed by atoms with Gasteiger partial charge in [0.1, 0.15) is 0 Å². The average Bonchev–Trinajstić information content (AvgIpc) is 2.59. The van der Waals surface area contributed by atoms with Gasteiger partial charge in [-0.15, -0.1) is 0 Å². The number of halogens is 1. The maximum Gasteiger partial charge on any atom is 0.319 e. The van der Waals surface area contributed by atoms with Gasteiger partial charge in [-0.1, -0.05) is 18.5 Å². The van der Waals surface area contributed by atoms with Crippen molar-refractivity contribution in [2.75, 3.05) is 38.2 Å². The van der Waals surface area contributed by atoms with Gasteiger partial charge < -0.3 is 25.4 Å². The van der Waals surface area contributed by atoms with Gasteiger partial charge in [0.2, 0.25) is 0 Å². The van der Waals surface area contributed by atoms with E-state index >= 15 is 0 Å². The number of benzene rings is 1. The maximum absolute atomic E-state index is 11.9. The summed E-state index contributed by atoms with van der Waals surface area (Å²) in [5, 5.41) is 8.42. The van der Waals surface area contributed by atoms with Crippen LogP contribution in [0.1, 0.15) is 23.7 Å². The molecule has 0 saturated carbocycles. The molecule has 1 aliphatic rings. The summed E-state index contributed by atoms with van der Waals surface area (Å²) in [4.78, 5) is 23.8. The maximum atomic E-state index is 11.9. The molecule has 3 N–H and O–H groups in total. The standard InChI is InChI=1S/C16H22ClN3O4/c1-2-5-18-15(21)13-4-3-11(8-14(13)17)20-16(22)19-9-12-10-23-6-7-24-12/h3-4,8,12H,2,5-7,9-10H2,1H3,(H,18,21)(H2,19,20,22)/t12-/m1/s1. The van der Waals surface area contributed by atoms with Crippen LogP contribution < -0.4 is 16.0 Å². The van der Waals surface area contributed by atoms with Crippen LogP contribution in [0, 0.1) is 0 Å². The van der Waals surface area contributed by atoms with E-state index in [0.29, 0.717) is 44.2 Å². The third-order valence-corrected chi connectivity index (χ3v) is 3.70. The quantitative estimate of drug-likeness (QED) is 0.728. The smallest absolute Gasteiger partial charge is 0.319 e. The van der Waals surface area contributed by atoms with Crippen LogP contribution in [0.15, 0.2) is 18.2 Å². The molecule has 2 rings (SSSR count). The summed E-state index contributed by atoms with van der Waals surface area (Å²) in [5.74, 6) is -0.229. The number of nitrogens with one attached hydrogen (secondary N) is 3. The molecule has 1 aromatic rings. The van der Waals surface area contributed by atoms with Gasteiger partial charge in [0.15, 0.2) is 0 Å². The summed E-state index contributed by atoms with van der Waals surface area (Å²) in [5.41, 5.74) is 0.884. The highest BCUT2D eigenvalue weighted by Gasteiger charge is 2.15. The highest BCUT2D eigenvalue weighted by molar-refractivity contribution is 6.34. The molecule has 0 aliphatic carbocycles. The predicted octanol–water partition coefficient (Wildman–Crippen LogP) is 2.02. The number of carbonyl (C=O) groups excluding carboxylic acids is 2. The van der Waals surface area contributed by atoms with Crippen molar-refractivity contribution in [2.45, 2.75) is 19.4 Å². The lowest BCUT2D eigenvalue weighted by Gasteiger charge is -2.23. The molecule has 0 unspecified atom stereocenters. The molecule has 3 amide bonds. The Morgan fingerprint density at radius 3 is 2.79 bits per heavy atom. The molecule has 24 heavy (non-hydrogen) atoms. The van der Waals surface area contributed by atoms with E-state index in [2.05, 4.69) is 16.0 Å². The molecule has 7 nitrogen and oxygen atoms in total. The molecule has 1 aliphatic heterocycles. The normalized spacial score (nSPS) is 17.2. The molecule has 0 bridgehead atoms. The van der Waals surface area contributed by atoms with Crippen molar-refractivity contribution in [1.82, 2.24) is 10.6 Å². The lowest BCUT2D eigenvalue weighted by Crippen LogP contribution is -2.41. The van der Waals surface area contributed by atoms with Gasteiger partial charge in [-0.05, 0) is 24.6 Å². The Balaban J connectivity index is 1.84. The molecule has 0 aromatic heterocycles. The fourth-order valence-electron chi connectivity index (χ4n) is 2.15. The second-order valence-electron chi connectivity index (χ2n) is 5.35. The van der Waals surface area contributed by atoms with E-state index in [1.807, 2.05) is 6.92 Å². The molecular weight excluding hydrogens is 334 g/mol. The monoisotopic (exact) mass is 355 g/mol. The Morgan fingerprint density at radius 2 is 2.12 bits per heavy atom. The van der Waals surface area contributed by atoms with E-state index in [1.165, 1.54) is 0 Å². The van der Waals surface area contributed by atoms with E-state index < -0.39 is 0 Å². The van der Waals surface area contributed by atoms with Crippen molar-refractivity contribution >= 4 is 29.2 Å². The van der Waals surface area contributed by atoms with Crippen molar-refractivity contribution in [3.8, 4) is 0 Å². The zero-order valence-electron chi connectivity index (χ0n) is 13.6. The number of urea groups is 1. The summed E-state index contributed by atoms with van der Waals surface area (Å²) in [7, 11) is 0. The Kier molecular flexibility index (Phi) is 7.30. The third-order valence-electron chi connectivity index (χ3n) is 3.38. The van der Waals surface area contributed by atoms with Crippen LogP contribution in [0.5, 0.6) is 0 Å². The second-order valence-corrected chi connectivity index (χ2v) is 5.76. The summed E-state index contributed by atoms with van der Waals surface area (Å²) in [6.45, 7) is 4.50. The number of amides is 3. The molecule has 132 valence electrons. The van der Waals surface area contributed by atoms with E-state index in [1.54, 1.807) is 18.2 Å². The first kappa shape index (κ1) is 18.5. The number of ether oxygens (including phenoxy) is 2. The van der Waals surface area contributed by atoms with Gasteiger partial charge in [-0.25, -0.2) is 4.79 Å². The SMILES string of the molecule is CCCNC(=O)c1ccc(NC(=O)NC[C@@H]2COCCO2)cc1Cl. The van der Waals surface area contributed by atoms with Crippen LogP contribution in [0.4, 0.5) is 10.5 Å². The Labute approximate surface area is 146 Å². The lowest BCUT2D eigenvalue weighted by atomic mass is 10.2. The van der Waals surface area contributed by atoms with Gasteiger partial charge >= 0.3 is 6.03 Å². The molecule has 1 aromatic carbocycles. The minimum atomic E-state index is -0.372. The van der Waals surface area contributed by atoms with Gasteiger partial charge in [0, 0.05) is 18.8 Å². The minimum Gasteiger partial charge on any atom is -0.376 e. The summed E-state index contributed by atoms with van der Waals surface area (Å²) in [6.07, 6.45) is 0.705. The molecule has 0 radical (unpaired) electrons. The van der Waals surface area contributed by atoms with Gasteiger partial charge in [0.25, 0.3) is 5.91 Å².